The van der Waals surface area contributed by atoms with Gasteiger partial charge in [0, 0.05) is 53.4 Å². The van der Waals surface area contributed by atoms with E-state index in [1.54, 1.807) is 46.2 Å². The van der Waals surface area contributed by atoms with Crippen LogP contribution in [0, 0.1) is 11.6 Å². The van der Waals surface area contributed by atoms with E-state index >= 15 is 0 Å². The number of amides is 1. The largest absolute Gasteiger partial charge is 0.493 e. The normalized spacial score (nSPS) is 15.5. The Morgan fingerprint density at radius 2 is 1.84 bits per heavy atom. The summed E-state index contributed by atoms with van der Waals surface area (Å²) in [6.07, 6.45) is 2.39. The van der Waals surface area contributed by atoms with Gasteiger partial charge in [-0.3, -0.25) is 9.78 Å². The molecule has 0 radical (unpaired) electrons. The Labute approximate surface area is 246 Å². The Hall–Kier alpha value is -4.59. The van der Waals surface area contributed by atoms with Crippen LogP contribution >= 0.6 is 0 Å². The van der Waals surface area contributed by atoms with Gasteiger partial charge in [-0.15, -0.1) is 0 Å². The molecule has 1 amide bonds. The minimum Gasteiger partial charge on any atom is -0.493 e. The van der Waals surface area contributed by atoms with Crippen molar-refractivity contribution >= 4 is 27.3 Å². The summed E-state index contributed by atoms with van der Waals surface area (Å²) in [6.45, 7) is 1.01. The molecule has 1 aliphatic heterocycles. The SMILES string of the molecule is COc1ccc(N(c2ccc(C(=O)NS(=O)(=O)c3ccc(F)cc3F)cc2)C(O)c2cccnc2)cc1O[C@@H]1CCOC1. The lowest BCUT2D eigenvalue weighted by molar-refractivity contribution is 0.0981. The molecule has 0 saturated carbocycles. The first-order chi connectivity index (χ1) is 20.7. The highest BCUT2D eigenvalue weighted by Crippen LogP contribution is 2.39. The number of anilines is 2. The van der Waals surface area contributed by atoms with Gasteiger partial charge < -0.3 is 24.2 Å². The number of ether oxygens (including phenoxy) is 3. The maximum absolute atomic E-state index is 14.1. The van der Waals surface area contributed by atoms with Crippen molar-refractivity contribution in [1.29, 1.82) is 0 Å². The third-order valence-corrected chi connectivity index (χ3v) is 8.02. The first kappa shape index (κ1) is 29.9. The first-order valence-electron chi connectivity index (χ1n) is 13.1. The second-order valence-electron chi connectivity index (χ2n) is 9.52. The average molecular weight is 612 g/mol. The minimum atomic E-state index is -4.63. The molecule has 2 N–H and O–H groups in total. The van der Waals surface area contributed by atoms with Crippen LogP contribution in [0.3, 0.4) is 0 Å². The van der Waals surface area contributed by atoms with E-state index in [-0.39, 0.29) is 11.7 Å². The van der Waals surface area contributed by atoms with Crippen LogP contribution in [0.1, 0.15) is 28.6 Å². The molecule has 1 aliphatic rings. The van der Waals surface area contributed by atoms with Crippen LogP contribution < -0.4 is 19.1 Å². The van der Waals surface area contributed by atoms with Crippen molar-refractivity contribution in [3.63, 3.8) is 0 Å². The minimum absolute atomic E-state index is 0.0642. The van der Waals surface area contributed by atoms with Crippen molar-refractivity contribution < 1.29 is 41.3 Å². The van der Waals surface area contributed by atoms with Gasteiger partial charge in [-0.05, 0) is 54.6 Å². The van der Waals surface area contributed by atoms with Crippen LogP contribution in [-0.2, 0) is 14.8 Å². The van der Waals surface area contributed by atoms with Crippen molar-refractivity contribution in [3.05, 3.63) is 108 Å². The second kappa shape index (κ2) is 12.7. The number of carbonyl (C=O) groups is 1. The number of hydrogen-bond donors (Lipinski definition) is 2. The van der Waals surface area contributed by atoms with Crippen LogP contribution in [0.4, 0.5) is 20.2 Å². The molecule has 3 aromatic carbocycles. The van der Waals surface area contributed by atoms with E-state index in [0.29, 0.717) is 54.1 Å². The number of halogens is 2. The lowest BCUT2D eigenvalue weighted by Crippen LogP contribution is -2.31. The number of aliphatic hydroxyl groups excluding tert-OH is 1. The van der Waals surface area contributed by atoms with Gasteiger partial charge in [-0.2, -0.15) is 0 Å². The predicted octanol–water partition coefficient (Wildman–Crippen LogP) is 4.48. The van der Waals surface area contributed by atoms with E-state index in [4.69, 9.17) is 14.2 Å². The fourth-order valence-corrected chi connectivity index (χ4v) is 5.54. The van der Waals surface area contributed by atoms with E-state index < -0.39 is 38.7 Å². The van der Waals surface area contributed by atoms with Crippen molar-refractivity contribution in [1.82, 2.24) is 9.71 Å². The molecule has 10 nitrogen and oxygen atoms in total. The number of hydrogen-bond acceptors (Lipinski definition) is 9. The van der Waals surface area contributed by atoms with Crippen molar-refractivity contribution in [3.8, 4) is 11.5 Å². The molecule has 5 rings (SSSR count). The number of carbonyl (C=O) groups excluding carboxylic acids is 1. The molecule has 1 saturated heterocycles. The third kappa shape index (κ3) is 6.74. The molecule has 0 spiro atoms. The van der Waals surface area contributed by atoms with E-state index in [1.165, 1.54) is 37.6 Å². The van der Waals surface area contributed by atoms with E-state index in [9.17, 15) is 27.1 Å². The number of benzene rings is 3. The number of nitrogens with one attached hydrogen (secondary N) is 1. The van der Waals surface area contributed by atoms with Gasteiger partial charge in [-0.1, -0.05) is 6.07 Å². The lowest BCUT2D eigenvalue weighted by Gasteiger charge is -2.31. The average Bonchev–Trinajstić information content (AvgIpc) is 3.51. The Bertz CT molecular complexity index is 1700. The zero-order valence-corrected chi connectivity index (χ0v) is 23.6. The summed E-state index contributed by atoms with van der Waals surface area (Å²) in [5, 5.41) is 11.5. The maximum atomic E-state index is 14.1. The summed E-state index contributed by atoms with van der Waals surface area (Å²) >= 11 is 0. The van der Waals surface area contributed by atoms with E-state index in [2.05, 4.69) is 4.98 Å². The lowest BCUT2D eigenvalue weighted by atomic mass is 10.1. The highest BCUT2D eigenvalue weighted by atomic mass is 32.2. The maximum Gasteiger partial charge on any atom is 0.267 e. The summed E-state index contributed by atoms with van der Waals surface area (Å²) in [4.78, 5) is 17.6. The predicted molar refractivity (Wildman–Crippen MR) is 152 cm³/mol. The fraction of sp³-hybridized carbons (Fsp3) is 0.200. The number of nitrogens with zero attached hydrogens (tertiary/aromatic N) is 2. The molecule has 1 unspecified atom stereocenters. The topological polar surface area (TPSA) is 127 Å². The molecule has 1 aromatic heterocycles. The van der Waals surface area contributed by atoms with Crippen LogP contribution in [0.15, 0.2) is 90.1 Å². The highest BCUT2D eigenvalue weighted by molar-refractivity contribution is 7.90. The summed E-state index contributed by atoms with van der Waals surface area (Å²) in [5.74, 6) is -2.41. The third-order valence-electron chi connectivity index (χ3n) is 6.65. The molecular weight excluding hydrogens is 584 g/mol. The molecule has 13 heteroatoms. The van der Waals surface area contributed by atoms with Crippen LogP contribution in [0.2, 0.25) is 0 Å². The summed E-state index contributed by atoms with van der Waals surface area (Å²) < 4.78 is 71.3. The Balaban J connectivity index is 1.46. The molecule has 43 heavy (non-hydrogen) atoms. The van der Waals surface area contributed by atoms with Crippen LogP contribution in [-0.4, -0.2) is 50.8 Å². The second-order valence-corrected chi connectivity index (χ2v) is 11.2. The number of sulfonamides is 1. The van der Waals surface area contributed by atoms with Gasteiger partial charge in [0.15, 0.2) is 17.7 Å². The molecular formula is C30H27F2N3O7S. The molecule has 4 aromatic rings. The van der Waals surface area contributed by atoms with Crippen molar-refractivity contribution in [2.45, 2.75) is 23.6 Å². The molecule has 0 aliphatic carbocycles. The first-order valence-corrected chi connectivity index (χ1v) is 14.6. The number of aromatic nitrogens is 1. The Morgan fingerprint density at radius 3 is 2.49 bits per heavy atom. The van der Waals surface area contributed by atoms with Crippen LogP contribution in [0.25, 0.3) is 0 Å². The quantitative estimate of drug-likeness (QED) is 0.250. The van der Waals surface area contributed by atoms with Gasteiger partial charge in [0.2, 0.25) is 0 Å². The van der Waals surface area contributed by atoms with Gasteiger partial charge in [-0.25, -0.2) is 21.9 Å². The molecule has 224 valence electrons. The fourth-order valence-electron chi connectivity index (χ4n) is 4.50. The van der Waals surface area contributed by atoms with E-state index in [1.807, 2.05) is 0 Å². The Morgan fingerprint density at radius 1 is 1.07 bits per heavy atom. The summed E-state index contributed by atoms with van der Waals surface area (Å²) in [7, 11) is -3.11. The number of aliphatic hydroxyl groups is 1. The van der Waals surface area contributed by atoms with Crippen LogP contribution in [0.5, 0.6) is 11.5 Å². The summed E-state index contributed by atoms with van der Waals surface area (Å²) in [5.41, 5.74) is 1.35. The van der Waals surface area contributed by atoms with Gasteiger partial charge in [0.25, 0.3) is 15.9 Å². The highest BCUT2D eigenvalue weighted by Gasteiger charge is 2.26. The Kier molecular flexibility index (Phi) is 8.85. The van der Waals surface area contributed by atoms with Gasteiger partial charge in [0.1, 0.15) is 22.6 Å². The van der Waals surface area contributed by atoms with E-state index in [0.717, 1.165) is 12.1 Å². The molecule has 0 bridgehead atoms. The van der Waals surface area contributed by atoms with Crippen molar-refractivity contribution in [2.24, 2.45) is 0 Å². The molecule has 2 atom stereocenters. The van der Waals surface area contributed by atoms with Gasteiger partial charge >= 0.3 is 0 Å². The smallest absolute Gasteiger partial charge is 0.267 e. The number of methoxy groups -OCH3 is 1. The summed E-state index contributed by atoms with van der Waals surface area (Å²) in [6, 6.07) is 16.1. The van der Waals surface area contributed by atoms with Gasteiger partial charge in [0.05, 0.1) is 20.3 Å². The number of pyridine rings is 1. The zero-order chi connectivity index (χ0) is 30.6. The monoisotopic (exact) mass is 611 g/mol. The molecule has 2 heterocycles. The standard InChI is InChI=1S/C30H27F2N3O7S/c1-40-26-10-9-23(16-27(26)42-24-12-14-41-18-24)35(30(37)20-3-2-13-33-17-20)22-7-4-19(5-8-22)29(36)34-43(38,39)28-11-6-21(31)15-25(28)32/h2-11,13,15-17,24,30,37H,12,14,18H2,1H3,(H,34,36)/t24-,30?/m1/s1. The molecule has 1 fully saturated rings. The number of rotatable bonds is 10. The zero-order valence-electron chi connectivity index (χ0n) is 22.8. The van der Waals surface area contributed by atoms with Crippen molar-refractivity contribution in [2.75, 3.05) is 25.2 Å².